The molecule has 130 valence electrons. The smallest absolute Gasteiger partial charge is 0.238 e. The van der Waals surface area contributed by atoms with E-state index in [0.717, 1.165) is 36.1 Å². The van der Waals surface area contributed by atoms with E-state index in [1.807, 2.05) is 32.0 Å². The van der Waals surface area contributed by atoms with Gasteiger partial charge in [0.25, 0.3) is 0 Å². The number of fused-ring (bicyclic) bond motifs is 1. The van der Waals surface area contributed by atoms with E-state index in [1.165, 1.54) is 12.8 Å². The normalized spacial score (nSPS) is 26.8. The van der Waals surface area contributed by atoms with Crippen LogP contribution in [0.5, 0.6) is 0 Å². The fourth-order valence-electron chi connectivity index (χ4n) is 4.42. The second-order valence-electron chi connectivity index (χ2n) is 7.25. The minimum atomic E-state index is -0.304. The van der Waals surface area contributed by atoms with Gasteiger partial charge >= 0.3 is 0 Å². The lowest BCUT2D eigenvalue weighted by atomic mass is 9.84. The van der Waals surface area contributed by atoms with Crippen LogP contribution in [-0.2, 0) is 9.59 Å². The Hall–Kier alpha value is -1.88. The standard InChI is InChI=1S/C19H27N3O2/c1-12-6-5-7-13(2)18(12)21-17(23)11-22-15-9-4-3-8-14(15)10-16(22)19(20)24/h5-7,14-16H,3-4,8-11H2,1-2H3,(H2,20,24)(H,21,23)/t14-,15+,16-/m0/s1. The molecule has 2 fully saturated rings. The van der Waals surface area contributed by atoms with Gasteiger partial charge in [-0.15, -0.1) is 0 Å². The number of para-hydroxylation sites is 1. The largest absolute Gasteiger partial charge is 0.368 e. The highest BCUT2D eigenvalue weighted by atomic mass is 16.2. The lowest BCUT2D eigenvalue weighted by Gasteiger charge is -2.32. The number of hydrogen-bond donors (Lipinski definition) is 2. The van der Waals surface area contributed by atoms with Crippen molar-refractivity contribution in [1.82, 2.24) is 4.90 Å². The molecule has 1 saturated heterocycles. The van der Waals surface area contributed by atoms with Crippen molar-refractivity contribution in [2.75, 3.05) is 11.9 Å². The van der Waals surface area contributed by atoms with Crippen LogP contribution in [0.1, 0.15) is 43.2 Å². The number of benzene rings is 1. The summed E-state index contributed by atoms with van der Waals surface area (Å²) < 4.78 is 0. The summed E-state index contributed by atoms with van der Waals surface area (Å²) >= 11 is 0. The molecule has 0 bridgehead atoms. The Labute approximate surface area is 143 Å². The monoisotopic (exact) mass is 329 g/mol. The molecule has 1 saturated carbocycles. The van der Waals surface area contributed by atoms with Gasteiger partial charge in [-0.2, -0.15) is 0 Å². The Morgan fingerprint density at radius 1 is 1.21 bits per heavy atom. The van der Waals surface area contributed by atoms with Gasteiger partial charge in [-0.25, -0.2) is 0 Å². The first-order chi connectivity index (χ1) is 11.5. The van der Waals surface area contributed by atoms with Crippen LogP contribution in [0.2, 0.25) is 0 Å². The summed E-state index contributed by atoms with van der Waals surface area (Å²) in [7, 11) is 0. The maximum atomic E-state index is 12.6. The average Bonchev–Trinajstić information content (AvgIpc) is 2.90. The van der Waals surface area contributed by atoms with Crippen LogP contribution in [0, 0.1) is 19.8 Å². The van der Waals surface area contributed by atoms with Gasteiger partial charge in [-0.1, -0.05) is 31.0 Å². The molecule has 0 unspecified atom stereocenters. The highest BCUT2D eigenvalue weighted by Gasteiger charge is 2.44. The SMILES string of the molecule is Cc1cccc(C)c1NC(=O)CN1[C@@H]2CCCC[C@H]2C[C@H]1C(N)=O. The van der Waals surface area contributed by atoms with Crippen LogP contribution in [0.15, 0.2) is 18.2 Å². The molecule has 3 atom stereocenters. The minimum absolute atomic E-state index is 0.0649. The molecule has 1 aromatic rings. The third kappa shape index (κ3) is 3.31. The van der Waals surface area contributed by atoms with Crippen LogP contribution in [-0.4, -0.2) is 35.3 Å². The number of aryl methyl sites for hydroxylation is 2. The number of nitrogens with two attached hydrogens (primary N) is 1. The van der Waals surface area contributed by atoms with E-state index < -0.39 is 0 Å². The van der Waals surface area contributed by atoms with Crippen molar-refractivity contribution in [1.29, 1.82) is 0 Å². The van der Waals surface area contributed by atoms with Crippen LogP contribution in [0.25, 0.3) is 0 Å². The molecule has 3 N–H and O–H groups in total. The highest BCUT2D eigenvalue weighted by Crippen LogP contribution is 2.39. The Morgan fingerprint density at radius 3 is 2.54 bits per heavy atom. The predicted octanol–water partition coefficient (Wildman–Crippen LogP) is 2.36. The van der Waals surface area contributed by atoms with E-state index in [2.05, 4.69) is 10.2 Å². The number of carbonyl (C=O) groups excluding carboxylic acids is 2. The molecule has 5 nitrogen and oxygen atoms in total. The number of hydrogen-bond acceptors (Lipinski definition) is 3. The molecule has 1 aliphatic carbocycles. The zero-order chi connectivity index (χ0) is 17.3. The summed E-state index contributed by atoms with van der Waals surface area (Å²) in [5, 5.41) is 3.03. The van der Waals surface area contributed by atoms with Gasteiger partial charge in [0, 0.05) is 11.7 Å². The number of nitrogens with one attached hydrogen (secondary N) is 1. The third-order valence-electron chi connectivity index (χ3n) is 5.62. The van der Waals surface area contributed by atoms with Crippen molar-refractivity contribution in [2.24, 2.45) is 11.7 Å². The van der Waals surface area contributed by atoms with E-state index in [9.17, 15) is 9.59 Å². The van der Waals surface area contributed by atoms with Gasteiger partial charge in [0.1, 0.15) is 0 Å². The average molecular weight is 329 g/mol. The summed E-state index contributed by atoms with van der Waals surface area (Å²) in [5.74, 6) is 0.137. The Morgan fingerprint density at radius 2 is 1.88 bits per heavy atom. The van der Waals surface area contributed by atoms with E-state index in [1.54, 1.807) is 0 Å². The zero-order valence-corrected chi connectivity index (χ0v) is 14.5. The van der Waals surface area contributed by atoms with E-state index in [0.29, 0.717) is 12.0 Å². The fraction of sp³-hybridized carbons (Fsp3) is 0.579. The quantitative estimate of drug-likeness (QED) is 0.890. The Kier molecular flexibility index (Phi) is 4.90. The van der Waals surface area contributed by atoms with Gasteiger partial charge in [-0.05, 0) is 50.2 Å². The lowest BCUT2D eigenvalue weighted by Crippen LogP contribution is -2.48. The number of likely N-dealkylation sites (tertiary alicyclic amines) is 1. The summed E-state index contributed by atoms with van der Waals surface area (Å²) in [6.45, 7) is 4.21. The second kappa shape index (κ2) is 6.93. The number of carbonyl (C=O) groups is 2. The Bertz CT molecular complexity index is 623. The van der Waals surface area contributed by atoms with Gasteiger partial charge in [-0.3, -0.25) is 14.5 Å². The van der Waals surface area contributed by atoms with Gasteiger partial charge < -0.3 is 11.1 Å². The molecule has 2 aliphatic rings. The molecule has 5 heteroatoms. The van der Waals surface area contributed by atoms with E-state index >= 15 is 0 Å². The molecule has 0 spiro atoms. The molecule has 1 aromatic carbocycles. The third-order valence-corrected chi connectivity index (χ3v) is 5.62. The minimum Gasteiger partial charge on any atom is -0.368 e. The van der Waals surface area contributed by atoms with Crippen molar-refractivity contribution < 1.29 is 9.59 Å². The first kappa shape index (κ1) is 17.0. The molecule has 0 aromatic heterocycles. The summed E-state index contributed by atoms with van der Waals surface area (Å²) in [5.41, 5.74) is 8.58. The van der Waals surface area contributed by atoms with Gasteiger partial charge in [0.2, 0.25) is 11.8 Å². The second-order valence-corrected chi connectivity index (χ2v) is 7.25. The zero-order valence-electron chi connectivity index (χ0n) is 14.5. The van der Waals surface area contributed by atoms with Crippen molar-refractivity contribution in [3.63, 3.8) is 0 Å². The summed E-state index contributed by atoms with van der Waals surface area (Å²) in [6, 6.07) is 5.97. The predicted molar refractivity (Wildman–Crippen MR) is 94.6 cm³/mol. The van der Waals surface area contributed by atoms with Crippen LogP contribution in [0.4, 0.5) is 5.69 Å². The number of rotatable bonds is 4. The summed E-state index contributed by atoms with van der Waals surface area (Å²) in [4.78, 5) is 26.5. The molecular weight excluding hydrogens is 302 g/mol. The van der Waals surface area contributed by atoms with Gasteiger partial charge in [0.15, 0.2) is 0 Å². The Balaban J connectivity index is 1.73. The first-order valence-electron chi connectivity index (χ1n) is 8.88. The van der Waals surface area contributed by atoms with Crippen molar-refractivity contribution in [3.05, 3.63) is 29.3 Å². The molecule has 2 amide bonds. The van der Waals surface area contributed by atoms with E-state index in [4.69, 9.17) is 5.73 Å². The fourth-order valence-corrected chi connectivity index (χ4v) is 4.42. The van der Waals surface area contributed by atoms with Crippen molar-refractivity contribution in [2.45, 2.75) is 58.0 Å². The number of anilines is 1. The maximum absolute atomic E-state index is 12.6. The number of amides is 2. The van der Waals surface area contributed by atoms with Crippen molar-refractivity contribution in [3.8, 4) is 0 Å². The number of nitrogens with zero attached hydrogens (tertiary/aromatic N) is 1. The first-order valence-corrected chi connectivity index (χ1v) is 8.88. The van der Waals surface area contributed by atoms with Gasteiger partial charge in [0.05, 0.1) is 12.6 Å². The topological polar surface area (TPSA) is 75.4 Å². The number of primary amides is 1. The van der Waals surface area contributed by atoms with Crippen LogP contribution in [0.3, 0.4) is 0 Å². The lowest BCUT2D eigenvalue weighted by molar-refractivity contribution is -0.124. The molecule has 0 radical (unpaired) electrons. The summed E-state index contributed by atoms with van der Waals surface area (Å²) in [6.07, 6.45) is 5.39. The molecule has 1 aliphatic heterocycles. The highest BCUT2D eigenvalue weighted by molar-refractivity contribution is 5.94. The maximum Gasteiger partial charge on any atom is 0.238 e. The van der Waals surface area contributed by atoms with Crippen LogP contribution >= 0.6 is 0 Å². The molecule has 1 heterocycles. The van der Waals surface area contributed by atoms with Crippen LogP contribution < -0.4 is 11.1 Å². The van der Waals surface area contributed by atoms with E-state index in [-0.39, 0.29) is 24.4 Å². The molecule has 3 rings (SSSR count). The molecule has 24 heavy (non-hydrogen) atoms. The van der Waals surface area contributed by atoms with Crippen molar-refractivity contribution >= 4 is 17.5 Å². The molecular formula is C19H27N3O2.